The van der Waals surface area contributed by atoms with Crippen molar-refractivity contribution in [2.75, 3.05) is 6.54 Å². The first kappa shape index (κ1) is 24.6. The van der Waals surface area contributed by atoms with Gasteiger partial charge < -0.3 is 26.2 Å². The predicted molar refractivity (Wildman–Crippen MR) is 117 cm³/mol. The maximum atomic E-state index is 12.9. The molecule has 170 valence electrons. The Morgan fingerprint density at radius 2 is 1.97 bits per heavy atom. The molecule has 0 saturated carbocycles. The van der Waals surface area contributed by atoms with Gasteiger partial charge in [-0.3, -0.25) is 14.4 Å². The molecule has 1 aromatic carbocycles. The molecule has 2 rings (SSSR count). The summed E-state index contributed by atoms with van der Waals surface area (Å²) in [5, 5.41) is 23.0. The summed E-state index contributed by atoms with van der Waals surface area (Å²) in [5.74, 6) is -2.50. The molecule has 8 nitrogen and oxygen atoms in total. The summed E-state index contributed by atoms with van der Waals surface area (Å²) >= 11 is 0. The molecule has 1 aliphatic rings. The summed E-state index contributed by atoms with van der Waals surface area (Å²) in [4.78, 5) is 39.0. The van der Waals surface area contributed by atoms with Gasteiger partial charge in [-0.15, -0.1) is 6.58 Å². The normalized spacial score (nSPS) is 19.9. The molecular formula is C23H33N3O5. The van der Waals surface area contributed by atoms with E-state index < -0.39 is 42.0 Å². The standard InChI is InChI=1S/C23H33N3O5/c1-5-18(27)15(4)23(31)26-10-6-7-17(26)22(30)25-20(21(24)29)19(28)12-16-9-8-13(2)14(3)11-16/h5,8-9,11,15,17-20,27-28H,1,6-7,10,12H2,2-4H3,(H2,24,29)(H,25,30). The van der Waals surface area contributed by atoms with Gasteiger partial charge in [-0.05, 0) is 43.4 Å². The Balaban J connectivity index is 2.10. The van der Waals surface area contributed by atoms with Crippen molar-refractivity contribution in [3.8, 4) is 0 Å². The highest BCUT2D eigenvalue weighted by Gasteiger charge is 2.39. The van der Waals surface area contributed by atoms with Crippen molar-refractivity contribution in [3.05, 3.63) is 47.5 Å². The number of likely N-dealkylation sites (tertiary alicyclic amines) is 1. The van der Waals surface area contributed by atoms with Gasteiger partial charge in [0.1, 0.15) is 12.1 Å². The Hall–Kier alpha value is -2.71. The zero-order valence-corrected chi connectivity index (χ0v) is 18.4. The van der Waals surface area contributed by atoms with Crippen LogP contribution in [0.15, 0.2) is 30.9 Å². The van der Waals surface area contributed by atoms with Crippen LogP contribution in [0.4, 0.5) is 0 Å². The number of primary amides is 1. The number of benzene rings is 1. The second kappa shape index (κ2) is 10.5. The fraction of sp³-hybridized carbons (Fsp3) is 0.522. The third-order valence-electron chi connectivity index (χ3n) is 5.99. The highest BCUT2D eigenvalue weighted by Crippen LogP contribution is 2.22. The summed E-state index contributed by atoms with van der Waals surface area (Å²) in [6.07, 6.45) is 0.233. The first-order valence-electron chi connectivity index (χ1n) is 10.5. The SMILES string of the molecule is C=CC(O)C(C)C(=O)N1CCCC1C(=O)NC(C(N)=O)C(O)Cc1ccc(C)c(C)c1. The third kappa shape index (κ3) is 5.92. The molecule has 0 bridgehead atoms. The molecule has 0 aromatic heterocycles. The molecule has 3 amide bonds. The van der Waals surface area contributed by atoms with E-state index in [2.05, 4.69) is 11.9 Å². The molecule has 5 N–H and O–H groups in total. The van der Waals surface area contributed by atoms with Crippen LogP contribution in [0.5, 0.6) is 0 Å². The lowest BCUT2D eigenvalue weighted by atomic mass is 9.98. The van der Waals surface area contributed by atoms with Gasteiger partial charge in [0.05, 0.1) is 18.1 Å². The number of hydrogen-bond acceptors (Lipinski definition) is 5. The number of aliphatic hydroxyl groups is 2. The second-order valence-corrected chi connectivity index (χ2v) is 8.28. The lowest BCUT2D eigenvalue weighted by molar-refractivity contribution is -0.144. The van der Waals surface area contributed by atoms with Crippen LogP contribution in [-0.4, -0.2) is 63.7 Å². The van der Waals surface area contributed by atoms with Crippen LogP contribution >= 0.6 is 0 Å². The maximum absolute atomic E-state index is 12.9. The first-order chi connectivity index (χ1) is 14.6. The first-order valence-corrected chi connectivity index (χ1v) is 10.5. The number of nitrogens with one attached hydrogen (secondary N) is 1. The molecule has 1 heterocycles. The van der Waals surface area contributed by atoms with E-state index in [0.29, 0.717) is 19.4 Å². The highest BCUT2D eigenvalue weighted by molar-refractivity contribution is 5.92. The van der Waals surface area contributed by atoms with Gasteiger partial charge >= 0.3 is 0 Å². The van der Waals surface area contributed by atoms with Crippen molar-refractivity contribution >= 4 is 17.7 Å². The van der Waals surface area contributed by atoms with Crippen LogP contribution in [0.25, 0.3) is 0 Å². The number of aryl methyl sites for hydroxylation is 2. The van der Waals surface area contributed by atoms with Crippen molar-refractivity contribution < 1.29 is 24.6 Å². The molecule has 8 heteroatoms. The maximum Gasteiger partial charge on any atom is 0.243 e. The van der Waals surface area contributed by atoms with Crippen molar-refractivity contribution in [2.45, 2.75) is 64.3 Å². The Morgan fingerprint density at radius 3 is 2.55 bits per heavy atom. The Bertz CT molecular complexity index is 841. The topological polar surface area (TPSA) is 133 Å². The highest BCUT2D eigenvalue weighted by atomic mass is 16.3. The predicted octanol–water partition coefficient (Wildman–Crippen LogP) is 0.351. The molecule has 31 heavy (non-hydrogen) atoms. The number of carbonyl (C=O) groups is 3. The van der Waals surface area contributed by atoms with Gasteiger partial charge in [0.2, 0.25) is 17.7 Å². The summed E-state index contributed by atoms with van der Waals surface area (Å²) in [7, 11) is 0. The number of nitrogens with two attached hydrogens (primary N) is 1. The smallest absolute Gasteiger partial charge is 0.243 e. The van der Waals surface area contributed by atoms with Gasteiger partial charge in [0, 0.05) is 13.0 Å². The minimum Gasteiger partial charge on any atom is -0.390 e. The van der Waals surface area contributed by atoms with Crippen LogP contribution in [0.3, 0.4) is 0 Å². The Kier molecular flexibility index (Phi) is 8.36. The Morgan fingerprint density at radius 1 is 1.29 bits per heavy atom. The average molecular weight is 432 g/mol. The molecular weight excluding hydrogens is 398 g/mol. The van der Waals surface area contributed by atoms with Gasteiger partial charge in [0.15, 0.2) is 0 Å². The quantitative estimate of drug-likeness (QED) is 0.419. The number of nitrogens with zero attached hydrogens (tertiary/aromatic N) is 1. The van der Waals surface area contributed by atoms with E-state index in [4.69, 9.17) is 5.73 Å². The van der Waals surface area contributed by atoms with E-state index in [1.165, 1.54) is 11.0 Å². The lowest BCUT2D eigenvalue weighted by Gasteiger charge is -2.30. The van der Waals surface area contributed by atoms with Crippen LogP contribution in [0.2, 0.25) is 0 Å². The van der Waals surface area contributed by atoms with Crippen molar-refractivity contribution in [1.82, 2.24) is 10.2 Å². The molecule has 1 saturated heterocycles. The molecule has 1 aromatic rings. The van der Waals surface area contributed by atoms with Crippen LogP contribution < -0.4 is 11.1 Å². The van der Waals surface area contributed by atoms with E-state index in [1.54, 1.807) is 6.92 Å². The summed E-state index contributed by atoms with van der Waals surface area (Å²) in [6.45, 7) is 9.36. The number of amides is 3. The zero-order chi connectivity index (χ0) is 23.3. The number of aliphatic hydroxyl groups excluding tert-OH is 2. The monoisotopic (exact) mass is 431 g/mol. The summed E-state index contributed by atoms with van der Waals surface area (Å²) in [5.41, 5.74) is 8.44. The zero-order valence-electron chi connectivity index (χ0n) is 18.4. The van der Waals surface area contributed by atoms with Crippen molar-refractivity contribution in [2.24, 2.45) is 11.7 Å². The molecule has 0 aliphatic carbocycles. The van der Waals surface area contributed by atoms with Crippen LogP contribution in [-0.2, 0) is 20.8 Å². The van der Waals surface area contributed by atoms with E-state index in [1.807, 2.05) is 32.0 Å². The van der Waals surface area contributed by atoms with E-state index in [-0.39, 0.29) is 12.3 Å². The van der Waals surface area contributed by atoms with E-state index in [9.17, 15) is 24.6 Å². The third-order valence-corrected chi connectivity index (χ3v) is 5.99. The molecule has 1 fully saturated rings. The summed E-state index contributed by atoms with van der Waals surface area (Å²) < 4.78 is 0. The lowest BCUT2D eigenvalue weighted by Crippen LogP contribution is -2.57. The van der Waals surface area contributed by atoms with Gasteiger partial charge in [-0.1, -0.05) is 31.2 Å². The Labute approximate surface area is 183 Å². The van der Waals surface area contributed by atoms with E-state index in [0.717, 1.165) is 16.7 Å². The van der Waals surface area contributed by atoms with Crippen molar-refractivity contribution in [3.63, 3.8) is 0 Å². The number of carbonyl (C=O) groups excluding carboxylic acids is 3. The number of rotatable bonds is 9. The van der Waals surface area contributed by atoms with Gasteiger partial charge in [0.25, 0.3) is 0 Å². The van der Waals surface area contributed by atoms with Crippen LogP contribution in [0, 0.1) is 19.8 Å². The van der Waals surface area contributed by atoms with Crippen LogP contribution in [0.1, 0.15) is 36.5 Å². The molecule has 1 aliphatic heterocycles. The molecule has 0 radical (unpaired) electrons. The summed E-state index contributed by atoms with van der Waals surface area (Å²) in [6, 6.07) is 3.62. The van der Waals surface area contributed by atoms with E-state index >= 15 is 0 Å². The molecule has 5 atom stereocenters. The molecule has 5 unspecified atom stereocenters. The fourth-order valence-electron chi connectivity index (χ4n) is 3.81. The van der Waals surface area contributed by atoms with Gasteiger partial charge in [-0.25, -0.2) is 0 Å². The fourth-order valence-corrected chi connectivity index (χ4v) is 3.81. The number of hydrogen-bond donors (Lipinski definition) is 4. The van der Waals surface area contributed by atoms with Crippen molar-refractivity contribution in [1.29, 1.82) is 0 Å². The largest absolute Gasteiger partial charge is 0.390 e. The average Bonchev–Trinajstić information content (AvgIpc) is 3.22. The second-order valence-electron chi connectivity index (χ2n) is 8.28. The molecule has 0 spiro atoms. The minimum absolute atomic E-state index is 0.144. The van der Waals surface area contributed by atoms with Gasteiger partial charge in [-0.2, -0.15) is 0 Å². The minimum atomic E-state index is -1.29.